The number of carboxylic acid groups (broad SMARTS) is 1. The number of carboxylic acids is 1. The Hall–Kier alpha value is -2.26. The number of para-hydroxylation sites is 1. The Kier molecular flexibility index (Phi) is 3.58. The average Bonchev–Trinajstić information content (AvgIpc) is 2.34. The second kappa shape index (κ2) is 5.16. The lowest BCUT2D eigenvalue weighted by Gasteiger charge is -2.25. The van der Waals surface area contributed by atoms with Gasteiger partial charge >= 0.3 is 5.97 Å². The molecule has 3 rings (SSSR count). The van der Waals surface area contributed by atoms with Crippen LogP contribution in [0, 0.1) is 11.3 Å². The van der Waals surface area contributed by atoms with E-state index in [-0.39, 0.29) is 11.0 Å². The van der Waals surface area contributed by atoms with Gasteiger partial charge in [-0.05, 0) is 12.1 Å². The number of aromatic nitrogens is 1. The van der Waals surface area contributed by atoms with Crippen LogP contribution in [0.4, 0.5) is 0 Å². The van der Waals surface area contributed by atoms with E-state index in [1.807, 2.05) is 16.7 Å². The summed E-state index contributed by atoms with van der Waals surface area (Å²) in [7, 11) is 0. The number of pyridine rings is 1. The van der Waals surface area contributed by atoms with Crippen LogP contribution < -0.4 is 5.43 Å². The van der Waals surface area contributed by atoms with Crippen molar-refractivity contribution in [3.8, 4) is 6.07 Å². The first kappa shape index (κ1) is 13.2. The van der Waals surface area contributed by atoms with E-state index in [1.165, 1.54) is 18.7 Å². The van der Waals surface area contributed by atoms with Gasteiger partial charge in [0.1, 0.15) is 5.56 Å². The van der Waals surface area contributed by atoms with Gasteiger partial charge in [-0.25, -0.2) is 4.79 Å². The number of fused-ring (bicyclic) bond motifs is 3. The fraction of sp³-hybridized carbons (Fsp3) is 0.154. The molecule has 6 heteroatoms. The Labute approximate surface area is 113 Å². The van der Waals surface area contributed by atoms with Crippen LogP contribution in [0.1, 0.15) is 17.3 Å². The molecule has 2 heterocycles. The fourth-order valence-corrected chi connectivity index (χ4v) is 2.85. The molecule has 19 heavy (non-hydrogen) atoms. The van der Waals surface area contributed by atoms with Crippen LogP contribution in [0.25, 0.3) is 10.9 Å². The molecule has 1 aromatic heterocycles. The Bertz CT molecular complexity index is 759. The van der Waals surface area contributed by atoms with E-state index >= 15 is 0 Å². The van der Waals surface area contributed by atoms with Crippen LogP contribution in [-0.4, -0.2) is 15.6 Å². The van der Waals surface area contributed by atoms with Crippen LogP contribution in [0.3, 0.4) is 0 Å². The summed E-state index contributed by atoms with van der Waals surface area (Å²) in [6.45, 7) is 1.43. The molecule has 0 atom stereocenters. The lowest BCUT2D eigenvalue weighted by atomic mass is 10.1. The summed E-state index contributed by atoms with van der Waals surface area (Å²) in [6, 6.07) is 8.85. The minimum Gasteiger partial charge on any atom is -0.477 e. The molecule has 0 amide bonds. The Balaban J connectivity index is 0.000000408. The van der Waals surface area contributed by atoms with Crippen LogP contribution in [0.5, 0.6) is 0 Å². The molecule has 0 spiro atoms. The SMILES string of the molecule is CC#N.O=C(O)c1c2n(c3ccccc3c1=O)CS2. The highest BCUT2D eigenvalue weighted by Crippen LogP contribution is 2.35. The monoisotopic (exact) mass is 274 g/mol. The molecule has 5 nitrogen and oxygen atoms in total. The molecule has 0 fully saturated rings. The van der Waals surface area contributed by atoms with E-state index < -0.39 is 5.97 Å². The maximum atomic E-state index is 12.0. The molecule has 0 saturated carbocycles. The van der Waals surface area contributed by atoms with E-state index in [9.17, 15) is 9.59 Å². The van der Waals surface area contributed by atoms with Crippen molar-refractivity contribution in [1.82, 2.24) is 4.57 Å². The molecular formula is C13H10N2O3S. The highest BCUT2D eigenvalue weighted by molar-refractivity contribution is 7.99. The predicted octanol–water partition coefficient (Wildman–Crippen LogP) is 2.29. The highest BCUT2D eigenvalue weighted by atomic mass is 32.2. The topological polar surface area (TPSA) is 83.1 Å². The lowest BCUT2D eigenvalue weighted by molar-refractivity contribution is 0.0689. The molecule has 1 aromatic carbocycles. The first-order valence-electron chi connectivity index (χ1n) is 5.44. The van der Waals surface area contributed by atoms with Gasteiger partial charge in [0.05, 0.1) is 22.5 Å². The van der Waals surface area contributed by atoms with Crippen LogP contribution in [0.15, 0.2) is 34.1 Å². The van der Waals surface area contributed by atoms with E-state index in [0.717, 1.165) is 5.52 Å². The van der Waals surface area contributed by atoms with E-state index in [2.05, 4.69) is 0 Å². The Morgan fingerprint density at radius 3 is 2.63 bits per heavy atom. The van der Waals surface area contributed by atoms with Gasteiger partial charge in [-0.1, -0.05) is 23.9 Å². The van der Waals surface area contributed by atoms with Gasteiger partial charge < -0.3 is 9.67 Å². The number of rotatable bonds is 1. The predicted molar refractivity (Wildman–Crippen MR) is 72.3 cm³/mol. The fourth-order valence-electron chi connectivity index (χ4n) is 1.90. The number of nitrogens with zero attached hydrogens (tertiary/aromatic N) is 2. The summed E-state index contributed by atoms with van der Waals surface area (Å²) < 4.78 is 1.87. The summed E-state index contributed by atoms with van der Waals surface area (Å²) in [6.07, 6.45) is 0. The van der Waals surface area contributed by atoms with Gasteiger partial charge in [0.15, 0.2) is 0 Å². The van der Waals surface area contributed by atoms with Crippen molar-refractivity contribution in [1.29, 1.82) is 5.26 Å². The highest BCUT2D eigenvalue weighted by Gasteiger charge is 2.27. The van der Waals surface area contributed by atoms with Gasteiger partial charge in [-0.2, -0.15) is 5.26 Å². The third-order valence-corrected chi connectivity index (χ3v) is 3.76. The third kappa shape index (κ3) is 2.09. The Morgan fingerprint density at radius 2 is 2.11 bits per heavy atom. The molecule has 96 valence electrons. The number of aromatic carboxylic acids is 1. The maximum absolute atomic E-state index is 12.0. The largest absolute Gasteiger partial charge is 0.477 e. The number of benzene rings is 1. The van der Waals surface area contributed by atoms with Gasteiger partial charge in [-0.15, -0.1) is 0 Å². The van der Waals surface area contributed by atoms with Gasteiger partial charge in [-0.3, -0.25) is 4.79 Å². The maximum Gasteiger partial charge on any atom is 0.342 e. The van der Waals surface area contributed by atoms with Crippen molar-refractivity contribution < 1.29 is 9.90 Å². The van der Waals surface area contributed by atoms with Crippen molar-refractivity contribution in [3.63, 3.8) is 0 Å². The zero-order valence-corrected chi connectivity index (χ0v) is 10.9. The lowest BCUT2D eigenvalue weighted by Crippen LogP contribution is -2.25. The van der Waals surface area contributed by atoms with Gasteiger partial charge in [0.25, 0.3) is 0 Å². The van der Waals surface area contributed by atoms with Crippen molar-refractivity contribution in [2.24, 2.45) is 0 Å². The molecular weight excluding hydrogens is 264 g/mol. The number of nitriles is 1. The smallest absolute Gasteiger partial charge is 0.342 e. The Morgan fingerprint density at radius 1 is 1.47 bits per heavy atom. The first-order valence-corrected chi connectivity index (χ1v) is 6.42. The molecule has 0 bridgehead atoms. The summed E-state index contributed by atoms with van der Waals surface area (Å²) in [5, 5.41) is 17.4. The molecule has 0 aliphatic carbocycles. The van der Waals surface area contributed by atoms with Crippen LogP contribution in [-0.2, 0) is 5.88 Å². The first-order chi connectivity index (χ1) is 9.11. The van der Waals surface area contributed by atoms with E-state index in [4.69, 9.17) is 10.4 Å². The second-order valence-electron chi connectivity index (χ2n) is 3.76. The summed E-state index contributed by atoms with van der Waals surface area (Å²) in [5.74, 6) is -0.442. The summed E-state index contributed by atoms with van der Waals surface area (Å²) >= 11 is 1.40. The molecule has 1 aliphatic rings. The number of thioether (sulfide) groups is 1. The standard InChI is InChI=1S/C11H7NO3S.C2H3N/c13-9-6-3-1-2-4-7(6)12-5-16-10(12)8(9)11(14)15;1-2-3/h1-4H,5H2,(H,14,15);1H3. The minimum absolute atomic E-state index is 0.102. The second-order valence-corrected chi connectivity index (χ2v) is 4.69. The average molecular weight is 274 g/mol. The molecule has 1 aliphatic heterocycles. The summed E-state index contributed by atoms with van der Waals surface area (Å²) in [4.78, 5) is 23.0. The van der Waals surface area contributed by atoms with Crippen LogP contribution >= 0.6 is 11.8 Å². The molecule has 0 radical (unpaired) electrons. The normalized spacial score (nSPS) is 11.6. The van der Waals surface area contributed by atoms with E-state index in [1.54, 1.807) is 18.2 Å². The summed E-state index contributed by atoms with van der Waals surface area (Å²) in [5.41, 5.74) is 0.322. The molecule has 1 N–H and O–H groups in total. The quantitative estimate of drug-likeness (QED) is 0.862. The minimum atomic E-state index is -1.15. The van der Waals surface area contributed by atoms with Gasteiger partial charge in [0.2, 0.25) is 5.43 Å². The van der Waals surface area contributed by atoms with Crippen molar-refractivity contribution in [2.45, 2.75) is 17.8 Å². The zero-order chi connectivity index (χ0) is 14.0. The number of hydrogen-bond acceptors (Lipinski definition) is 4. The molecule has 2 aromatic rings. The molecule has 0 unspecified atom stereocenters. The molecule has 0 saturated heterocycles. The zero-order valence-electron chi connectivity index (χ0n) is 10.1. The van der Waals surface area contributed by atoms with Crippen molar-refractivity contribution in [3.05, 3.63) is 40.1 Å². The number of carbonyl (C=O) groups is 1. The number of hydrogen-bond donors (Lipinski definition) is 1. The third-order valence-electron chi connectivity index (χ3n) is 2.67. The van der Waals surface area contributed by atoms with E-state index in [0.29, 0.717) is 16.3 Å². The van der Waals surface area contributed by atoms with Crippen molar-refractivity contribution in [2.75, 3.05) is 0 Å². The van der Waals surface area contributed by atoms with Crippen molar-refractivity contribution >= 4 is 28.6 Å². The van der Waals surface area contributed by atoms with Gasteiger partial charge in [0, 0.05) is 12.3 Å². The van der Waals surface area contributed by atoms with Crippen LogP contribution in [0.2, 0.25) is 0 Å².